The maximum absolute atomic E-state index is 13.6. The zero-order valence-electron chi connectivity index (χ0n) is 20.9. The summed E-state index contributed by atoms with van der Waals surface area (Å²) in [6.07, 6.45) is 7.02. The van der Waals surface area contributed by atoms with Gasteiger partial charge in [-0.15, -0.1) is 11.3 Å². The molecule has 0 fully saturated rings. The van der Waals surface area contributed by atoms with Gasteiger partial charge in [0.15, 0.2) is 0 Å². The Morgan fingerprint density at radius 2 is 1.81 bits per heavy atom. The molecule has 0 saturated heterocycles. The van der Waals surface area contributed by atoms with E-state index in [1.165, 1.54) is 22.5 Å². The van der Waals surface area contributed by atoms with Gasteiger partial charge in [-0.25, -0.2) is 9.78 Å². The van der Waals surface area contributed by atoms with E-state index in [0.717, 1.165) is 28.4 Å². The van der Waals surface area contributed by atoms with E-state index in [0.29, 0.717) is 18.0 Å². The predicted molar refractivity (Wildman–Crippen MR) is 142 cm³/mol. The van der Waals surface area contributed by atoms with E-state index in [1.54, 1.807) is 18.3 Å². The average Bonchev–Trinajstić information content (AvgIpc) is 3.25. The van der Waals surface area contributed by atoms with Crippen LogP contribution in [0.15, 0.2) is 66.4 Å². The molecule has 3 heterocycles. The number of aromatic carboxylic acids is 1. The minimum absolute atomic E-state index is 0.0144. The lowest BCUT2D eigenvalue weighted by molar-refractivity contribution is 0.0681. The summed E-state index contributed by atoms with van der Waals surface area (Å²) < 4.78 is 0. The van der Waals surface area contributed by atoms with Crippen molar-refractivity contribution < 1.29 is 14.7 Å². The van der Waals surface area contributed by atoms with Crippen LogP contribution in [0.2, 0.25) is 0 Å². The van der Waals surface area contributed by atoms with Crippen LogP contribution >= 0.6 is 11.3 Å². The number of allylic oxidation sites excluding steroid dienone is 2. The Morgan fingerprint density at radius 3 is 2.47 bits per heavy atom. The van der Waals surface area contributed by atoms with Crippen molar-refractivity contribution in [3.05, 3.63) is 88.1 Å². The molecule has 0 saturated carbocycles. The van der Waals surface area contributed by atoms with Crippen molar-refractivity contribution in [1.82, 2.24) is 14.9 Å². The Balaban J connectivity index is 1.41. The number of carboxylic acids is 1. The van der Waals surface area contributed by atoms with Crippen LogP contribution < -0.4 is 0 Å². The lowest BCUT2D eigenvalue weighted by atomic mass is 9.58. The first-order chi connectivity index (χ1) is 17.1. The zero-order valence-corrected chi connectivity index (χ0v) is 21.7. The predicted octanol–water partition coefficient (Wildman–Crippen LogP) is 6.11. The summed E-state index contributed by atoms with van der Waals surface area (Å²) in [6.45, 7) is 9.75. The van der Waals surface area contributed by atoms with Gasteiger partial charge < -0.3 is 10.0 Å². The van der Waals surface area contributed by atoms with Gasteiger partial charge in [0.25, 0.3) is 5.91 Å². The summed E-state index contributed by atoms with van der Waals surface area (Å²) in [5, 5.41) is 10.0. The fourth-order valence-corrected chi connectivity index (χ4v) is 6.70. The topological polar surface area (TPSA) is 83.4 Å². The Kier molecular flexibility index (Phi) is 5.91. The second-order valence-corrected chi connectivity index (χ2v) is 11.3. The average molecular weight is 500 g/mol. The van der Waals surface area contributed by atoms with Crippen LogP contribution in [0, 0.1) is 17.8 Å². The number of hydrogen-bond donors (Lipinski definition) is 1. The number of carbonyl (C=O) groups is 2. The Bertz CT molecular complexity index is 1400. The molecule has 1 aromatic carbocycles. The van der Waals surface area contributed by atoms with Crippen LogP contribution in [0.5, 0.6) is 0 Å². The molecule has 0 unspecified atom stereocenters. The van der Waals surface area contributed by atoms with E-state index in [1.807, 2.05) is 42.2 Å². The van der Waals surface area contributed by atoms with E-state index in [9.17, 15) is 14.7 Å². The summed E-state index contributed by atoms with van der Waals surface area (Å²) >= 11 is 1.40. The molecule has 1 amide bonds. The molecule has 1 N–H and O–H groups in total. The van der Waals surface area contributed by atoms with Crippen LogP contribution in [0.4, 0.5) is 0 Å². The lowest BCUT2D eigenvalue weighted by Gasteiger charge is -2.50. The molecule has 5 rings (SSSR count). The molecule has 1 aliphatic carbocycles. The van der Waals surface area contributed by atoms with Crippen molar-refractivity contribution in [3.8, 4) is 10.7 Å². The third-order valence-corrected chi connectivity index (χ3v) is 8.58. The highest BCUT2D eigenvalue weighted by atomic mass is 32.1. The molecule has 1 atom stereocenters. The third kappa shape index (κ3) is 4.07. The summed E-state index contributed by atoms with van der Waals surface area (Å²) in [4.78, 5) is 36.5. The minimum atomic E-state index is -0.922. The molecule has 184 valence electrons. The Hall–Kier alpha value is -3.58. The molecule has 2 aliphatic rings. The summed E-state index contributed by atoms with van der Waals surface area (Å²) in [6, 6.07) is 12.8. The highest BCUT2D eigenvalue weighted by molar-refractivity contribution is 7.17. The van der Waals surface area contributed by atoms with Crippen molar-refractivity contribution in [3.63, 3.8) is 0 Å². The van der Waals surface area contributed by atoms with Crippen LogP contribution in [0.25, 0.3) is 16.3 Å². The normalized spacial score (nSPS) is 20.8. The number of aromatic nitrogens is 2. The molecular weight excluding hydrogens is 470 g/mol. The second-order valence-electron chi connectivity index (χ2n) is 10.3. The molecule has 7 heteroatoms. The van der Waals surface area contributed by atoms with E-state index in [2.05, 4.69) is 42.9 Å². The molecule has 1 aliphatic heterocycles. The molecule has 3 aromatic rings. The number of fused-ring (bicyclic) bond motifs is 1. The number of benzene rings is 1. The number of rotatable bonds is 4. The lowest BCUT2D eigenvalue weighted by Crippen LogP contribution is -2.48. The molecule has 2 aromatic heterocycles. The van der Waals surface area contributed by atoms with Gasteiger partial charge in [-0.2, -0.15) is 0 Å². The first kappa shape index (κ1) is 24.1. The number of pyridine rings is 1. The molecule has 0 radical (unpaired) electrons. The largest absolute Gasteiger partial charge is 0.478 e. The highest BCUT2D eigenvalue weighted by Crippen LogP contribution is 2.55. The van der Waals surface area contributed by atoms with E-state index < -0.39 is 5.97 Å². The van der Waals surface area contributed by atoms with Crippen LogP contribution in [0.3, 0.4) is 0 Å². The SMILES string of the molecule is Cc1nc(-c2ccccn2)sc1C(=O)N1CC=C2C(C)(C)C(c3ccc(C(=O)O)cc3)=CC[C@]2(C)C1. The number of amides is 1. The van der Waals surface area contributed by atoms with Gasteiger partial charge in [0, 0.05) is 30.1 Å². The van der Waals surface area contributed by atoms with Crippen LogP contribution in [0.1, 0.15) is 58.5 Å². The van der Waals surface area contributed by atoms with Crippen molar-refractivity contribution in [1.29, 1.82) is 0 Å². The first-order valence-corrected chi connectivity index (χ1v) is 12.9. The van der Waals surface area contributed by atoms with E-state index in [4.69, 9.17) is 0 Å². The summed E-state index contributed by atoms with van der Waals surface area (Å²) in [5.41, 5.74) is 4.95. The quantitative estimate of drug-likeness (QED) is 0.438. The van der Waals surface area contributed by atoms with Crippen molar-refractivity contribution in [2.24, 2.45) is 10.8 Å². The molecule has 36 heavy (non-hydrogen) atoms. The van der Waals surface area contributed by atoms with Gasteiger partial charge in [0.05, 0.1) is 17.0 Å². The Morgan fingerprint density at radius 1 is 1.06 bits per heavy atom. The van der Waals surface area contributed by atoms with Gasteiger partial charge >= 0.3 is 5.97 Å². The van der Waals surface area contributed by atoms with Crippen molar-refractivity contribution in [2.75, 3.05) is 13.1 Å². The number of nitrogens with zero attached hydrogens (tertiary/aromatic N) is 3. The van der Waals surface area contributed by atoms with Gasteiger partial charge in [-0.1, -0.05) is 56.7 Å². The minimum Gasteiger partial charge on any atom is -0.478 e. The molecule has 0 bridgehead atoms. The first-order valence-electron chi connectivity index (χ1n) is 12.0. The molecule has 0 spiro atoms. The standard InChI is InChI=1S/C29H29N3O3S/c1-18-24(36-25(31-18)22-7-5-6-15-30-22)26(33)32-16-13-23-28(2,3)21(12-14-29(23,4)17-32)19-8-10-20(11-9-19)27(34)35/h5-13,15H,14,16-17H2,1-4H3,(H,34,35)/t29-/m1/s1. The van der Waals surface area contributed by atoms with Crippen molar-refractivity contribution >= 4 is 28.8 Å². The number of carboxylic acid groups (broad SMARTS) is 1. The van der Waals surface area contributed by atoms with Crippen LogP contribution in [-0.2, 0) is 0 Å². The third-order valence-electron chi connectivity index (χ3n) is 7.41. The number of carbonyl (C=O) groups excluding carboxylic acids is 1. The number of thiazole rings is 1. The zero-order chi connectivity index (χ0) is 25.7. The van der Waals surface area contributed by atoms with Gasteiger partial charge in [0.1, 0.15) is 9.88 Å². The number of hydrogen-bond acceptors (Lipinski definition) is 5. The van der Waals surface area contributed by atoms with E-state index in [-0.39, 0.29) is 22.3 Å². The fourth-order valence-electron chi connectivity index (χ4n) is 5.69. The maximum Gasteiger partial charge on any atom is 0.335 e. The molecule has 6 nitrogen and oxygen atoms in total. The fraction of sp³-hybridized carbons (Fsp3) is 0.310. The smallest absolute Gasteiger partial charge is 0.335 e. The summed E-state index contributed by atoms with van der Waals surface area (Å²) in [7, 11) is 0. The van der Waals surface area contributed by atoms with Gasteiger partial charge in [-0.05, 0) is 48.7 Å². The van der Waals surface area contributed by atoms with Gasteiger partial charge in [-0.3, -0.25) is 9.78 Å². The Labute approximate surface area is 215 Å². The number of aryl methyl sites for hydroxylation is 1. The summed E-state index contributed by atoms with van der Waals surface area (Å²) in [5.74, 6) is -0.908. The second kappa shape index (κ2) is 8.82. The molecular formula is C29H29N3O3S. The van der Waals surface area contributed by atoms with Crippen LogP contribution in [-0.4, -0.2) is 44.9 Å². The highest BCUT2D eigenvalue weighted by Gasteiger charge is 2.46. The van der Waals surface area contributed by atoms with Crippen molar-refractivity contribution in [2.45, 2.75) is 34.1 Å². The monoisotopic (exact) mass is 499 g/mol. The van der Waals surface area contributed by atoms with Gasteiger partial charge in [0.2, 0.25) is 0 Å². The van der Waals surface area contributed by atoms with E-state index >= 15 is 0 Å². The maximum atomic E-state index is 13.6.